The average molecular weight is 347 g/mol. The molecule has 0 radical (unpaired) electrons. The first-order chi connectivity index (χ1) is 12.3. The molecule has 2 aromatic heterocycles. The molecule has 5 heteroatoms. The first-order valence-electron chi connectivity index (χ1n) is 8.04. The van der Waals surface area contributed by atoms with Gasteiger partial charge in [0.1, 0.15) is 0 Å². The Morgan fingerprint density at radius 3 is 2.20 bits per heavy atom. The molecule has 0 aliphatic rings. The van der Waals surface area contributed by atoms with E-state index in [4.69, 9.17) is 5.10 Å². The number of aromatic nitrogens is 3. The van der Waals surface area contributed by atoms with Crippen molar-refractivity contribution < 1.29 is 5.11 Å². The minimum absolute atomic E-state index is 0.0665. The zero-order valence-corrected chi connectivity index (χ0v) is 14.6. The van der Waals surface area contributed by atoms with Gasteiger partial charge in [-0.2, -0.15) is 5.10 Å². The molecule has 0 fully saturated rings. The summed E-state index contributed by atoms with van der Waals surface area (Å²) in [7, 11) is 0. The highest BCUT2D eigenvalue weighted by Crippen LogP contribution is 2.34. The highest BCUT2D eigenvalue weighted by Gasteiger charge is 2.20. The van der Waals surface area contributed by atoms with Crippen molar-refractivity contribution in [3.8, 4) is 27.6 Å². The van der Waals surface area contributed by atoms with E-state index in [0.717, 1.165) is 33.2 Å². The second kappa shape index (κ2) is 6.63. The van der Waals surface area contributed by atoms with Crippen LogP contribution in [0.15, 0.2) is 66.0 Å². The minimum Gasteiger partial charge on any atom is -0.390 e. The van der Waals surface area contributed by atoms with Crippen LogP contribution >= 0.6 is 11.3 Å². The summed E-state index contributed by atoms with van der Waals surface area (Å²) in [6.07, 6.45) is 0. The molecule has 2 aromatic carbocycles. The fraction of sp³-hybridized carbons (Fsp3) is 0.100. The van der Waals surface area contributed by atoms with Crippen LogP contribution in [0.3, 0.4) is 0 Å². The first kappa shape index (κ1) is 15.7. The fourth-order valence-electron chi connectivity index (χ4n) is 2.91. The van der Waals surface area contributed by atoms with Crippen molar-refractivity contribution >= 4 is 11.3 Å². The summed E-state index contributed by atoms with van der Waals surface area (Å²) in [6, 6.07) is 20.4. The van der Waals surface area contributed by atoms with Gasteiger partial charge in [0.15, 0.2) is 0 Å². The minimum atomic E-state index is -0.0665. The van der Waals surface area contributed by atoms with Gasteiger partial charge in [0.2, 0.25) is 5.13 Å². The molecule has 0 bridgehead atoms. The lowest BCUT2D eigenvalue weighted by Crippen LogP contribution is -1.99. The first-order valence-corrected chi connectivity index (χ1v) is 8.92. The SMILES string of the molecule is Cc1c(-c2ccccc2)nn(-c2nc(CO)cs2)c1-c1ccccc1. The van der Waals surface area contributed by atoms with Gasteiger partial charge in [0.05, 0.1) is 23.7 Å². The molecule has 0 saturated heterocycles. The summed E-state index contributed by atoms with van der Waals surface area (Å²) in [6.45, 7) is 2.03. The molecule has 4 aromatic rings. The van der Waals surface area contributed by atoms with Gasteiger partial charge < -0.3 is 5.11 Å². The zero-order chi connectivity index (χ0) is 17.2. The maximum atomic E-state index is 9.34. The molecular weight excluding hydrogens is 330 g/mol. The molecule has 0 spiro atoms. The Morgan fingerprint density at radius 1 is 0.960 bits per heavy atom. The van der Waals surface area contributed by atoms with Crippen molar-refractivity contribution in [3.63, 3.8) is 0 Å². The van der Waals surface area contributed by atoms with Gasteiger partial charge >= 0.3 is 0 Å². The molecule has 4 rings (SSSR count). The lowest BCUT2D eigenvalue weighted by Gasteiger charge is -2.05. The van der Waals surface area contributed by atoms with Gasteiger partial charge in [-0.3, -0.25) is 0 Å². The molecule has 0 unspecified atom stereocenters. The molecule has 0 aliphatic heterocycles. The van der Waals surface area contributed by atoms with Crippen molar-refractivity contribution in [2.24, 2.45) is 0 Å². The number of thiazole rings is 1. The number of rotatable bonds is 4. The standard InChI is InChI=1S/C20H17N3OS/c1-14-18(15-8-4-2-5-9-15)22-23(20-21-17(12-24)13-25-20)19(14)16-10-6-3-7-11-16/h2-11,13,24H,12H2,1H3. The third kappa shape index (κ3) is 2.88. The molecule has 1 N–H and O–H groups in total. The predicted molar refractivity (Wildman–Crippen MR) is 101 cm³/mol. The zero-order valence-electron chi connectivity index (χ0n) is 13.8. The summed E-state index contributed by atoms with van der Waals surface area (Å²) in [5.41, 5.74) is 5.91. The molecule has 4 nitrogen and oxygen atoms in total. The molecule has 25 heavy (non-hydrogen) atoms. The third-order valence-electron chi connectivity index (χ3n) is 4.10. The van der Waals surface area contributed by atoms with Crippen molar-refractivity contribution in [2.45, 2.75) is 13.5 Å². The summed E-state index contributed by atoms with van der Waals surface area (Å²) >= 11 is 1.48. The highest BCUT2D eigenvalue weighted by atomic mass is 32.1. The smallest absolute Gasteiger partial charge is 0.211 e. The predicted octanol–water partition coefficient (Wildman–Crippen LogP) is 4.46. The molecule has 0 aliphatic carbocycles. The molecule has 2 heterocycles. The monoisotopic (exact) mass is 347 g/mol. The topological polar surface area (TPSA) is 50.9 Å². The number of aliphatic hydroxyl groups is 1. The van der Waals surface area contributed by atoms with E-state index >= 15 is 0 Å². The molecule has 0 amide bonds. The maximum Gasteiger partial charge on any atom is 0.211 e. The molecule has 0 atom stereocenters. The van der Waals surface area contributed by atoms with E-state index in [0.29, 0.717) is 5.69 Å². The van der Waals surface area contributed by atoms with Gasteiger partial charge in [-0.25, -0.2) is 9.67 Å². The lowest BCUT2D eigenvalue weighted by atomic mass is 10.0. The number of hydrogen-bond acceptors (Lipinski definition) is 4. The number of benzene rings is 2. The highest BCUT2D eigenvalue weighted by molar-refractivity contribution is 7.12. The van der Waals surface area contributed by atoms with Crippen LogP contribution in [0.2, 0.25) is 0 Å². The van der Waals surface area contributed by atoms with Crippen molar-refractivity contribution in [1.29, 1.82) is 0 Å². The van der Waals surface area contributed by atoms with E-state index in [1.54, 1.807) is 0 Å². The van der Waals surface area contributed by atoms with E-state index in [1.807, 2.05) is 46.5 Å². The number of hydrogen-bond donors (Lipinski definition) is 1. The number of aliphatic hydroxyl groups excluding tert-OH is 1. The quantitative estimate of drug-likeness (QED) is 0.593. The Labute approximate surface area is 150 Å². The van der Waals surface area contributed by atoms with E-state index in [9.17, 15) is 5.11 Å². The van der Waals surface area contributed by atoms with E-state index in [2.05, 4.69) is 36.2 Å². The fourth-order valence-corrected chi connectivity index (χ4v) is 3.68. The second-order valence-corrected chi connectivity index (χ2v) is 6.58. The van der Waals surface area contributed by atoms with Gasteiger partial charge in [-0.05, 0) is 6.92 Å². The Morgan fingerprint density at radius 2 is 1.60 bits per heavy atom. The Kier molecular flexibility index (Phi) is 4.17. The largest absolute Gasteiger partial charge is 0.390 e. The van der Waals surface area contributed by atoms with Gasteiger partial charge in [0.25, 0.3) is 0 Å². The summed E-state index contributed by atoms with van der Waals surface area (Å²) < 4.78 is 1.89. The van der Waals surface area contributed by atoms with Crippen LogP contribution in [0, 0.1) is 6.92 Å². The Balaban J connectivity index is 1.95. The Hall–Kier alpha value is -2.76. The van der Waals surface area contributed by atoms with Crippen LogP contribution in [0.25, 0.3) is 27.6 Å². The summed E-state index contributed by atoms with van der Waals surface area (Å²) in [5.74, 6) is 0. The molecule has 0 saturated carbocycles. The van der Waals surface area contributed by atoms with Crippen LogP contribution in [0.4, 0.5) is 0 Å². The second-order valence-electron chi connectivity index (χ2n) is 5.75. The average Bonchev–Trinajstić information content (AvgIpc) is 3.27. The van der Waals surface area contributed by atoms with Gasteiger partial charge in [-0.1, -0.05) is 60.7 Å². The summed E-state index contributed by atoms with van der Waals surface area (Å²) in [4.78, 5) is 4.50. The van der Waals surface area contributed by atoms with Gasteiger partial charge in [-0.15, -0.1) is 11.3 Å². The van der Waals surface area contributed by atoms with Crippen molar-refractivity contribution in [1.82, 2.24) is 14.8 Å². The van der Waals surface area contributed by atoms with Gasteiger partial charge in [0, 0.05) is 22.1 Å². The van der Waals surface area contributed by atoms with Crippen LogP contribution in [-0.2, 0) is 6.61 Å². The van der Waals surface area contributed by atoms with Crippen LogP contribution in [0.5, 0.6) is 0 Å². The van der Waals surface area contributed by atoms with Crippen molar-refractivity contribution in [3.05, 3.63) is 77.3 Å². The van der Waals surface area contributed by atoms with E-state index < -0.39 is 0 Å². The normalized spacial score (nSPS) is 11.0. The van der Waals surface area contributed by atoms with Crippen LogP contribution in [0.1, 0.15) is 11.3 Å². The molecule has 124 valence electrons. The van der Waals surface area contributed by atoms with E-state index in [-0.39, 0.29) is 6.61 Å². The maximum absolute atomic E-state index is 9.34. The summed E-state index contributed by atoms with van der Waals surface area (Å²) in [5, 5.41) is 16.8. The van der Waals surface area contributed by atoms with Crippen molar-refractivity contribution in [2.75, 3.05) is 0 Å². The molecular formula is C20H17N3OS. The van der Waals surface area contributed by atoms with E-state index in [1.165, 1.54) is 11.3 Å². The number of nitrogens with zero attached hydrogens (tertiary/aromatic N) is 3. The lowest BCUT2D eigenvalue weighted by molar-refractivity contribution is 0.277. The third-order valence-corrected chi connectivity index (χ3v) is 4.96. The Bertz CT molecular complexity index is 990. The van der Waals surface area contributed by atoms with Crippen LogP contribution < -0.4 is 0 Å². The van der Waals surface area contributed by atoms with Crippen LogP contribution in [-0.4, -0.2) is 19.9 Å².